The second-order valence-electron chi connectivity index (χ2n) is 4.66. The van der Waals surface area contributed by atoms with E-state index in [1.807, 2.05) is 0 Å². The van der Waals surface area contributed by atoms with E-state index in [-0.39, 0.29) is 0 Å². The number of halogens is 3. The van der Waals surface area contributed by atoms with Crippen LogP contribution in [0, 0.1) is 0 Å². The van der Waals surface area contributed by atoms with Gasteiger partial charge in [-0.05, 0) is 42.3 Å². The molecule has 0 aromatic heterocycles. The average Bonchev–Trinajstić information content (AvgIpc) is 2.35. The van der Waals surface area contributed by atoms with Crippen LogP contribution in [0.15, 0.2) is 42.5 Å². The Kier molecular flexibility index (Phi) is 4.42. The molecule has 0 heterocycles. The molecule has 100 valence electrons. The number of aliphatic hydroxyl groups is 1. The van der Waals surface area contributed by atoms with Crippen molar-refractivity contribution in [1.82, 2.24) is 0 Å². The van der Waals surface area contributed by atoms with E-state index in [1.165, 1.54) is 0 Å². The molecule has 4 heteroatoms. The molecule has 0 saturated heterocycles. The number of rotatable bonds is 3. The summed E-state index contributed by atoms with van der Waals surface area (Å²) in [5, 5.41) is 12.4. The van der Waals surface area contributed by atoms with Gasteiger partial charge >= 0.3 is 0 Å². The second kappa shape index (κ2) is 5.72. The smallest absolute Gasteiger partial charge is 0.0909 e. The predicted molar refractivity (Wildman–Crippen MR) is 81.2 cm³/mol. The first-order chi connectivity index (χ1) is 8.90. The summed E-state index contributed by atoms with van der Waals surface area (Å²) in [5.41, 5.74) is 0.456. The topological polar surface area (TPSA) is 20.2 Å². The van der Waals surface area contributed by atoms with Gasteiger partial charge in [0.25, 0.3) is 0 Å². The minimum absolute atomic E-state index is 0.340. The van der Waals surface area contributed by atoms with Crippen molar-refractivity contribution in [2.75, 3.05) is 0 Å². The molecule has 2 rings (SSSR count). The van der Waals surface area contributed by atoms with E-state index in [1.54, 1.807) is 49.4 Å². The average molecular weight is 316 g/mol. The summed E-state index contributed by atoms with van der Waals surface area (Å²) in [5.74, 6) is 0. The van der Waals surface area contributed by atoms with Gasteiger partial charge in [-0.2, -0.15) is 0 Å². The lowest BCUT2D eigenvalue weighted by molar-refractivity contribution is 0.0577. The van der Waals surface area contributed by atoms with Crippen molar-refractivity contribution in [3.05, 3.63) is 68.7 Å². The van der Waals surface area contributed by atoms with E-state index in [9.17, 15) is 5.11 Å². The van der Waals surface area contributed by atoms with Crippen LogP contribution in [-0.2, 0) is 12.0 Å². The summed E-state index contributed by atoms with van der Waals surface area (Å²) in [6.07, 6.45) is 0.340. The van der Waals surface area contributed by atoms with E-state index in [2.05, 4.69) is 0 Å². The van der Waals surface area contributed by atoms with Crippen molar-refractivity contribution in [3.63, 3.8) is 0 Å². The summed E-state index contributed by atoms with van der Waals surface area (Å²) < 4.78 is 0. The van der Waals surface area contributed by atoms with Crippen LogP contribution in [0.5, 0.6) is 0 Å². The van der Waals surface area contributed by atoms with E-state index in [0.717, 1.165) is 11.1 Å². The SMILES string of the molecule is CC(O)(Cc1c(Cl)cccc1Cl)c1ccc(Cl)cc1. The van der Waals surface area contributed by atoms with Gasteiger partial charge in [-0.3, -0.25) is 0 Å². The van der Waals surface area contributed by atoms with Crippen molar-refractivity contribution in [2.45, 2.75) is 18.9 Å². The highest BCUT2D eigenvalue weighted by atomic mass is 35.5. The number of benzene rings is 2. The van der Waals surface area contributed by atoms with Crippen molar-refractivity contribution in [2.24, 2.45) is 0 Å². The Labute approximate surface area is 127 Å². The van der Waals surface area contributed by atoms with Gasteiger partial charge in [-0.1, -0.05) is 53.0 Å². The Bertz CT molecular complexity index is 556. The van der Waals surface area contributed by atoms with Crippen LogP contribution in [-0.4, -0.2) is 5.11 Å². The van der Waals surface area contributed by atoms with Crippen LogP contribution in [0.4, 0.5) is 0 Å². The lowest BCUT2D eigenvalue weighted by Crippen LogP contribution is -2.24. The molecule has 0 bridgehead atoms. The Morgan fingerprint density at radius 3 is 2.00 bits per heavy atom. The molecule has 0 fully saturated rings. The monoisotopic (exact) mass is 314 g/mol. The molecule has 19 heavy (non-hydrogen) atoms. The summed E-state index contributed by atoms with van der Waals surface area (Å²) >= 11 is 18.1. The summed E-state index contributed by atoms with van der Waals surface area (Å²) in [7, 11) is 0. The van der Waals surface area contributed by atoms with Crippen molar-refractivity contribution < 1.29 is 5.11 Å². The lowest BCUT2D eigenvalue weighted by atomic mass is 9.89. The summed E-state index contributed by atoms with van der Waals surface area (Å²) in [6.45, 7) is 1.73. The lowest BCUT2D eigenvalue weighted by Gasteiger charge is -2.25. The maximum atomic E-state index is 10.6. The van der Waals surface area contributed by atoms with Gasteiger partial charge in [0.05, 0.1) is 5.60 Å². The predicted octanol–water partition coefficient (Wildman–Crippen LogP) is 5.10. The Hall–Kier alpha value is -0.730. The molecule has 0 aliphatic rings. The maximum Gasteiger partial charge on any atom is 0.0909 e. The Morgan fingerprint density at radius 2 is 1.47 bits per heavy atom. The number of hydrogen-bond donors (Lipinski definition) is 1. The maximum absolute atomic E-state index is 10.6. The van der Waals surface area contributed by atoms with Crippen LogP contribution >= 0.6 is 34.8 Å². The van der Waals surface area contributed by atoms with E-state index >= 15 is 0 Å². The normalized spacial score (nSPS) is 14.2. The van der Waals surface area contributed by atoms with Crippen LogP contribution in [0.25, 0.3) is 0 Å². The largest absolute Gasteiger partial charge is 0.385 e. The van der Waals surface area contributed by atoms with Crippen LogP contribution in [0.1, 0.15) is 18.1 Å². The third-order valence-corrected chi connectivity index (χ3v) is 4.01. The highest BCUT2D eigenvalue weighted by Crippen LogP contribution is 2.33. The highest BCUT2D eigenvalue weighted by molar-refractivity contribution is 6.36. The third kappa shape index (κ3) is 3.43. The van der Waals surface area contributed by atoms with E-state index < -0.39 is 5.60 Å². The molecule has 1 unspecified atom stereocenters. The Balaban J connectivity index is 2.33. The molecule has 0 spiro atoms. The van der Waals surface area contributed by atoms with Crippen LogP contribution < -0.4 is 0 Å². The molecule has 2 aromatic rings. The van der Waals surface area contributed by atoms with Crippen molar-refractivity contribution >= 4 is 34.8 Å². The van der Waals surface area contributed by atoms with Crippen LogP contribution in [0.2, 0.25) is 15.1 Å². The third-order valence-electron chi connectivity index (χ3n) is 3.05. The molecule has 0 amide bonds. The first kappa shape index (κ1) is 14.7. The molecule has 0 aliphatic heterocycles. The molecule has 1 nitrogen and oxygen atoms in total. The standard InChI is InChI=1S/C15H13Cl3O/c1-15(19,10-5-7-11(16)8-6-10)9-12-13(17)3-2-4-14(12)18/h2-8,19H,9H2,1H3. The van der Waals surface area contributed by atoms with Gasteiger partial charge in [-0.25, -0.2) is 0 Å². The zero-order valence-electron chi connectivity index (χ0n) is 10.3. The molecule has 0 saturated carbocycles. The van der Waals surface area contributed by atoms with E-state index in [4.69, 9.17) is 34.8 Å². The van der Waals surface area contributed by atoms with Gasteiger partial charge in [-0.15, -0.1) is 0 Å². The van der Waals surface area contributed by atoms with Crippen LogP contribution in [0.3, 0.4) is 0 Å². The van der Waals surface area contributed by atoms with Gasteiger partial charge in [0.2, 0.25) is 0 Å². The fraction of sp³-hybridized carbons (Fsp3) is 0.200. The van der Waals surface area contributed by atoms with E-state index in [0.29, 0.717) is 21.5 Å². The van der Waals surface area contributed by atoms with Gasteiger partial charge < -0.3 is 5.11 Å². The summed E-state index contributed by atoms with van der Waals surface area (Å²) in [4.78, 5) is 0. The first-order valence-corrected chi connectivity index (χ1v) is 6.95. The second-order valence-corrected chi connectivity index (χ2v) is 5.91. The first-order valence-electron chi connectivity index (χ1n) is 5.81. The van der Waals surface area contributed by atoms with Gasteiger partial charge in [0.1, 0.15) is 0 Å². The molecular weight excluding hydrogens is 303 g/mol. The van der Waals surface area contributed by atoms with Gasteiger partial charge in [0.15, 0.2) is 0 Å². The zero-order chi connectivity index (χ0) is 14.0. The van der Waals surface area contributed by atoms with Gasteiger partial charge in [0, 0.05) is 21.5 Å². The fourth-order valence-electron chi connectivity index (χ4n) is 1.96. The molecule has 2 aromatic carbocycles. The highest BCUT2D eigenvalue weighted by Gasteiger charge is 2.25. The minimum atomic E-state index is -1.06. The zero-order valence-corrected chi connectivity index (χ0v) is 12.6. The van der Waals surface area contributed by atoms with Crippen molar-refractivity contribution in [3.8, 4) is 0 Å². The number of hydrogen-bond acceptors (Lipinski definition) is 1. The fourth-order valence-corrected chi connectivity index (χ4v) is 2.61. The Morgan fingerprint density at radius 1 is 0.947 bits per heavy atom. The quantitative estimate of drug-likeness (QED) is 0.835. The van der Waals surface area contributed by atoms with Crippen molar-refractivity contribution in [1.29, 1.82) is 0 Å². The molecular formula is C15H13Cl3O. The minimum Gasteiger partial charge on any atom is -0.385 e. The molecule has 0 radical (unpaired) electrons. The molecule has 1 N–H and O–H groups in total. The molecule has 1 atom stereocenters. The summed E-state index contributed by atoms with van der Waals surface area (Å²) in [6, 6.07) is 12.4. The molecule has 0 aliphatic carbocycles.